The summed E-state index contributed by atoms with van der Waals surface area (Å²) in [5.41, 5.74) is 2.49. The van der Waals surface area contributed by atoms with E-state index in [1.807, 2.05) is 0 Å². The monoisotopic (exact) mass is 396 g/mol. The molecule has 1 heterocycles. The smallest absolute Gasteiger partial charge is 0.411 e. The van der Waals surface area contributed by atoms with Crippen molar-refractivity contribution >= 4 is 23.5 Å². The van der Waals surface area contributed by atoms with Crippen molar-refractivity contribution in [1.29, 1.82) is 0 Å². The van der Waals surface area contributed by atoms with Crippen LogP contribution >= 0.6 is 0 Å². The largest absolute Gasteiger partial charge is 0.449 e. The van der Waals surface area contributed by atoms with Gasteiger partial charge in [0.25, 0.3) is 0 Å². The fourth-order valence-electron chi connectivity index (χ4n) is 3.04. The van der Waals surface area contributed by atoms with Crippen LogP contribution in [0, 0.1) is 0 Å². The van der Waals surface area contributed by atoms with Gasteiger partial charge in [-0.15, -0.1) is 0 Å². The van der Waals surface area contributed by atoms with Gasteiger partial charge in [0.2, 0.25) is 6.08 Å². The number of aromatic nitrogens is 1. The molecule has 6 nitrogen and oxygen atoms in total. The SMILES string of the molecule is CCCCc1cccc[n+]1CCCCCCOC(=O)Nc1ccc(N=C=O)cc1. The topological polar surface area (TPSA) is 71.6 Å². The Hall–Kier alpha value is -2.98. The van der Waals surface area contributed by atoms with Crippen LogP contribution in [0.15, 0.2) is 53.7 Å². The Balaban J connectivity index is 1.58. The summed E-state index contributed by atoms with van der Waals surface area (Å²) < 4.78 is 7.56. The van der Waals surface area contributed by atoms with E-state index in [1.54, 1.807) is 24.3 Å². The second kappa shape index (κ2) is 13.2. The number of nitrogens with one attached hydrogen (secondary N) is 1. The van der Waals surface area contributed by atoms with Gasteiger partial charge in [-0.25, -0.2) is 14.2 Å². The highest BCUT2D eigenvalue weighted by Crippen LogP contribution is 2.15. The molecule has 1 aromatic heterocycles. The summed E-state index contributed by atoms with van der Waals surface area (Å²) in [7, 11) is 0. The van der Waals surface area contributed by atoms with Crippen LogP contribution in [0.4, 0.5) is 16.2 Å². The number of aliphatic imine (C=N–C) groups is 1. The van der Waals surface area contributed by atoms with Crippen molar-refractivity contribution in [2.45, 2.75) is 58.4 Å². The molecule has 0 spiro atoms. The molecule has 0 aliphatic rings. The molecule has 154 valence electrons. The fraction of sp³-hybridized carbons (Fsp3) is 0.435. The first-order valence-electron chi connectivity index (χ1n) is 10.3. The number of pyridine rings is 1. The lowest BCUT2D eigenvalue weighted by Gasteiger charge is -2.07. The van der Waals surface area contributed by atoms with Gasteiger partial charge in [0, 0.05) is 30.7 Å². The van der Waals surface area contributed by atoms with Crippen molar-refractivity contribution in [3.05, 3.63) is 54.4 Å². The molecule has 0 aliphatic heterocycles. The van der Waals surface area contributed by atoms with E-state index in [4.69, 9.17) is 4.74 Å². The van der Waals surface area contributed by atoms with Crippen molar-refractivity contribution < 1.29 is 18.9 Å². The first-order chi connectivity index (χ1) is 14.2. The van der Waals surface area contributed by atoms with Crippen LogP contribution in [0.1, 0.15) is 51.1 Å². The molecular weight excluding hydrogens is 366 g/mol. The number of unbranched alkanes of at least 4 members (excludes halogenated alkanes) is 4. The minimum Gasteiger partial charge on any atom is -0.449 e. The van der Waals surface area contributed by atoms with Crippen LogP contribution < -0.4 is 9.88 Å². The standard InChI is InChI=1S/C23H29N3O3/c1-2-3-10-22-11-6-8-17-26(22)16-7-4-5-9-18-29-23(28)25-21-14-12-20(13-15-21)24-19-27/h6,8,11-15,17H,2-5,7,9-10,16,18H2,1H3/p+1. The number of aryl methyl sites for hydroxylation is 2. The molecule has 0 saturated heterocycles. The third kappa shape index (κ3) is 8.71. The molecule has 2 aromatic rings. The number of rotatable bonds is 12. The van der Waals surface area contributed by atoms with Crippen LogP contribution in [-0.4, -0.2) is 18.8 Å². The first kappa shape index (κ1) is 22.3. The maximum absolute atomic E-state index is 11.8. The predicted molar refractivity (Wildman–Crippen MR) is 113 cm³/mol. The minimum absolute atomic E-state index is 0.402. The Morgan fingerprint density at radius 2 is 1.86 bits per heavy atom. The van der Waals surface area contributed by atoms with E-state index in [0.717, 1.165) is 38.6 Å². The zero-order chi connectivity index (χ0) is 20.7. The van der Waals surface area contributed by atoms with E-state index in [9.17, 15) is 9.59 Å². The highest BCUT2D eigenvalue weighted by atomic mass is 16.5. The zero-order valence-electron chi connectivity index (χ0n) is 17.1. The van der Waals surface area contributed by atoms with Gasteiger partial charge in [-0.1, -0.05) is 19.4 Å². The summed E-state index contributed by atoms with van der Waals surface area (Å²) in [6, 6.07) is 13.0. The molecule has 6 heteroatoms. The number of nitrogens with zero attached hydrogens (tertiary/aromatic N) is 2. The van der Waals surface area contributed by atoms with Crippen LogP contribution in [-0.2, 0) is 22.5 Å². The Morgan fingerprint density at radius 1 is 1.07 bits per heavy atom. The van der Waals surface area contributed by atoms with E-state index in [0.29, 0.717) is 18.0 Å². The Bertz CT molecular complexity index is 799. The molecule has 29 heavy (non-hydrogen) atoms. The molecule has 0 radical (unpaired) electrons. The van der Waals surface area contributed by atoms with Crippen molar-refractivity contribution in [2.75, 3.05) is 11.9 Å². The second-order valence-corrected chi connectivity index (χ2v) is 6.91. The van der Waals surface area contributed by atoms with Gasteiger partial charge in [0.1, 0.15) is 6.54 Å². The summed E-state index contributed by atoms with van der Waals surface area (Å²) in [4.78, 5) is 25.5. The van der Waals surface area contributed by atoms with Gasteiger partial charge in [0.15, 0.2) is 11.9 Å². The molecule has 0 unspecified atom stereocenters. The maximum atomic E-state index is 11.8. The van der Waals surface area contributed by atoms with Gasteiger partial charge in [-0.05, 0) is 49.9 Å². The van der Waals surface area contributed by atoms with E-state index >= 15 is 0 Å². The van der Waals surface area contributed by atoms with E-state index in [-0.39, 0.29) is 0 Å². The van der Waals surface area contributed by atoms with Crippen LogP contribution in [0.3, 0.4) is 0 Å². The number of ether oxygens (including phenoxy) is 1. The molecule has 0 atom stereocenters. The average molecular weight is 397 g/mol. The van der Waals surface area contributed by atoms with Crippen LogP contribution in [0.25, 0.3) is 0 Å². The van der Waals surface area contributed by atoms with E-state index < -0.39 is 6.09 Å². The summed E-state index contributed by atoms with van der Waals surface area (Å²) >= 11 is 0. The summed E-state index contributed by atoms with van der Waals surface area (Å²) in [6.45, 7) is 3.65. The van der Waals surface area contributed by atoms with E-state index in [1.165, 1.54) is 24.6 Å². The Morgan fingerprint density at radius 3 is 2.62 bits per heavy atom. The number of hydrogen-bond donors (Lipinski definition) is 1. The number of hydrogen-bond acceptors (Lipinski definition) is 4. The summed E-state index contributed by atoms with van der Waals surface area (Å²) in [5, 5.41) is 2.65. The van der Waals surface area contributed by atoms with Crippen LogP contribution in [0.5, 0.6) is 0 Å². The number of benzene rings is 1. The highest BCUT2D eigenvalue weighted by Gasteiger charge is 2.08. The molecule has 0 bridgehead atoms. The van der Waals surface area contributed by atoms with Crippen molar-refractivity contribution in [1.82, 2.24) is 0 Å². The molecule has 0 aliphatic carbocycles. The molecular formula is C23H30N3O3+. The van der Waals surface area contributed by atoms with Crippen molar-refractivity contribution in [3.63, 3.8) is 0 Å². The van der Waals surface area contributed by atoms with Crippen molar-refractivity contribution in [3.8, 4) is 0 Å². The molecule has 2 rings (SSSR count). The average Bonchev–Trinajstić information content (AvgIpc) is 2.74. The lowest BCUT2D eigenvalue weighted by atomic mass is 10.1. The maximum Gasteiger partial charge on any atom is 0.411 e. The molecule has 0 fully saturated rings. The first-order valence-corrected chi connectivity index (χ1v) is 10.3. The third-order valence-corrected chi connectivity index (χ3v) is 4.64. The molecule has 1 N–H and O–H groups in total. The fourth-order valence-corrected chi connectivity index (χ4v) is 3.04. The predicted octanol–water partition coefficient (Wildman–Crippen LogP) is 5.09. The van der Waals surface area contributed by atoms with Gasteiger partial charge in [-0.2, -0.15) is 4.99 Å². The third-order valence-electron chi connectivity index (χ3n) is 4.64. The lowest BCUT2D eigenvalue weighted by Crippen LogP contribution is -2.37. The minimum atomic E-state index is -0.475. The highest BCUT2D eigenvalue weighted by molar-refractivity contribution is 5.84. The molecule has 1 amide bonds. The van der Waals surface area contributed by atoms with Crippen LogP contribution in [0.2, 0.25) is 0 Å². The van der Waals surface area contributed by atoms with Gasteiger partial charge >= 0.3 is 6.09 Å². The van der Waals surface area contributed by atoms with Gasteiger partial charge < -0.3 is 4.74 Å². The number of amides is 1. The summed E-state index contributed by atoms with van der Waals surface area (Å²) in [5.74, 6) is 0. The number of carbonyl (C=O) groups is 1. The molecule has 1 aromatic carbocycles. The normalized spacial score (nSPS) is 10.2. The molecule has 0 saturated carbocycles. The van der Waals surface area contributed by atoms with Gasteiger partial charge in [0.05, 0.1) is 12.3 Å². The Kier molecular flexibility index (Phi) is 10.2. The summed E-state index contributed by atoms with van der Waals surface area (Å²) in [6.07, 6.45) is 10.8. The quantitative estimate of drug-likeness (QED) is 0.235. The lowest BCUT2D eigenvalue weighted by molar-refractivity contribution is -0.704. The zero-order valence-corrected chi connectivity index (χ0v) is 17.1. The van der Waals surface area contributed by atoms with Gasteiger partial charge in [-0.3, -0.25) is 5.32 Å². The van der Waals surface area contributed by atoms with Crippen molar-refractivity contribution in [2.24, 2.45) is 4.99 Å². The number of anilines is 1. The number of carbonyl (C=O) groups excluding carboxylic acids is 2. The number of isocyanates is 1. The van der Waals surface area contributed by atoms with E-state index in [2.05, 4.69) is 46.2 Å². The second-order valence-electron chi connectivity index (χ2n) is 6.91. The Labute approximate surface area is 172 Å².